The SMILES string of the molecule is CCCN(CCN(C)C)c1ccc([C@H](C)O)cc1Br. The van der Waals surface area contributed by atoms with Gasteiger partial charge >= 0.3 is 0 Å². The number of nitrogens with zero attached hydrogens (tertiary/aromatic N) is 2. The molecule has 0 aromatic heterocycles. The molecule has 0 bridgehead atoms. The topological polar surface area (TPSA) is 26.7 Å². The fraction of sp³-hybridized carbons (Fsp3) is 0.600. The quantitative estimate of drug-likeness (QED) is 0.832. The lowest BCUT2D eigenvalue weighted by molar-refractivity contribution is 0.199. The van der Waals surface area contributed by atoms with Crippen molar-refractivity contribution in [2.45, 2.75) is 26.4 Å². The Balaban J connectivity index is 2.89. The molecule has 0 saturated carbocycles. The van der Waals surface area contributed by atoms with Crippen LogP contribution in [-0.2, 0) is 0 Å². The molecule has 0 aliphatic heterocycles. The monoisotopic (exact) mass is 328 g/mol. The Hall–Kier alpha value is -0.580. The summed E-state index contributed by atoms with van der Waals surface area (Å²) in [5, 5.41) is 9.62. The van der Waals surface area contributed by atoms with Gasteiger partial charge < -0.3 is 14.9 Å². The van der Waals surface area contributed by atoms with Gasteiger partial charge in [0.2, 0.25) is 0 Å². The van der Waals surface area contributed by atoms with Crippen molar-refractivity contribution in [3.63, 3.8) is 0 Å². The van der Waals surface area contributed by atoms with E-state index in [2.05, 4.69) is 52.8 Å². The van der Waals surface area contributed by atoms with Gasteiger partial charge in [0.15, 0.2) is 0 Å². The molecule has 0 amide bonds. The molecule has 1 aromatic rings. The molecule has 0 unspecified atom stereocenters. The molecule has 1 N–H and O–H groups in total. The number of halogens is 1. The second-order valence-electron chi connectivity index (χ2n) is 5.18. The number of rotatable bonds is 7. The van der Waals surface area contributed by atoms with E-state index in [4.69, 9.17) is 0 Å². The highest BCUT2D eigenvalue weighted by Gasteiger charge is 2.11. The Morgan fingerprint density at radius 2 is 1.89 bits per heavy atom. The minimum absolute atomic E-state index is 0.424. The lowest BCUT2D eigenvalue weighted by atomic mass is 10.1. The third-order valence-electron chi connectivity index (χ3n) is 3.11. The van der Waals surface area contributed by atoms with Crippen LogP contribution < -0.4 is 4.90 Å². The first-order valence-electron chi connectivity index (χ1n) is 6.83. The van der Waals surface area contributed by atoms with Gasteiger partial charge in [-0.25, -0.2) is 0 Å². The number of anilines is 1. The van der Waals surface area contributed by atoms with E-state index in [0.717, 1.165) is 36.1 Å². The van der Waals surface area contributed by atoms with Gasteiger partial charge in [-0.2, -0.15) is 0 Å². The van der Waals surface area contributed by atoms with E-state index < -0.39 is 6.10 Å². The van der Waals surface area contributed by atoms with Gasteiger partial charge in [-0.15, -0.1) is 0 Å². The van der Waals surface area contributed by atoms with Crippen LogP contribution in [0.15, 0.2) is 22.7 Å². The van der Waals surface area contributed by atoms with Crippen molar-refractivity contribution in [1.82, 2.24) is 4.90 Å². The van der Waals surface area contributed by atoms with E-state index in [1.807, 2.05) is 12.1 Å². The van der Waals surface area contributed by atoms with Gasteiger partial charge in [-0.3, -0.25) is 0 Å². The third kappa shape index (κ3) is 5.13. The van der Waals surface area contributed by atoms with Crippen LogP contribution in [0.1, 0.15) is 31.9 Å². The average molecular weight is 329 g/mol. The molecular formula is C15H25BrN2O. The van der Waals surface area contributed by atoms with Crippen molar-refractivity contribution >= 4 is 21.6 Å². The minimum atomic E-state index is -0.424. The van der Waals surface area contributed by atoms with Crippen LogP contribution in [0.3, 0.4) is 0 Å². The Morgan fingerprint density at radius 3 is 2.37 bits per heavy atom. The highest BCUT2D eigenvalue weighted by atomic mass is 79.9. The summed E-state index contributed by atoms with van der Waals surface area (Å²) in [7, 11) is 4.19. The molecule has 0 aliphatic carbocycles. The van der Waals surface area contributed by atoms with Crippen LogP contribution >= 0.6 is 15.9 Å². The average Bonchev–Trinajstić information content (AvgIpc) is 2.34. The van der Waals surface area contributed by atoms with E-state index in [-0.39, 0.29) is 0 Å². The molecule has 0 spiro atoms. The summed E-state index contributed by atoms with van der Waals surface area (Å²) in [6, 6.07) is 6.11. The largest absolute Gasteiger partial charge is 0.389 e. The molecule has 1 atom stereocenters. The smallest absolute Gasteiger partial charge is 0.0762 e. The van der Waals surface area contributed by atoms with E-state index >= 15 is 0 Å². The maximum atomic E-state index is 9.62. The molecule has 0 radical (unpaired) electrons. The maximum absolute atomic E-state index is 9.62. The normalized spacial score (nSPS) is 12.8. The Kier molecular flexibility index (Phi) is 6.83. The first-order chi connectivity index (χ1) is 8.95. The fourth-order valence-corrected chi connectivity index (χ4v) is 2.63. The standard InChI is InChI=1S/C15H25BrN2O/c1-5-8-18(10-9-17(3)4)15-7-6-13(12(2)19)11-14(15)16/h6-7,11-12,19H,5,8-10H2,1-4H3/t12-/m0/s1. The maximum Gasteiger partial charge on any atom is 0.0762 e. The van der Waals surface area contributed by atoms with Gasteiger partial charge in [-0.05, 0) is 61.1 Å². The number of likely N-dealkylation sites (N-methyl/N-ethyl adjacent to an activating group) is 1. The molecule has 19 heavy (non-hydrogen) atoms. The van der Waals surface area contributed by atoms with Crippen molar-refractivity contribution in [2.75, 3.05) is 38.6 Å². The molecule has 0 saturated heterocycles. The number of aliphatic hydroxyl groups excluding tert-OH is 1. The summed E-state index contributed by atoms with van der Waals surface area (Å²) in [4.78, 5) is 4.58. The third-order valence-corrected chi connectivity index (χ3v) is 3.74. The van der Waals surface area contributed by atoms with Gasteiger partial charge in [-0.1, -0.05) is 13.0 Å². The summed E-state index contributed by atoms with van der Waals surface area (Å²) >= 11 is 3.63. The van der Waals surface area contributed by atoms with Crippen LogP contribution in [0.5, 0.6) is 0 Å². The lowest BCUT2D eigenvalue weighted by Crippen LogP contribution is -2.32. The summed E-state index contributed by atoms with van der Waals surface area (Å²) in [6.45, 7) is 7.07. The molecule has 0 aliphatic rings. The van der Waals surface area contributed by atoms with Crippen molar-refractivity contribution in [3.05, 3.63) is 28.2 Å². The summed E-state index contributed by atoms with van der Waals surface area (Å²) in [5.74, 6) is 0. The van der Waals surface area contributed by atoms with E-state index in [1.54, 1.807) is 6.92 Å². The highest BCUT2D eigenvalue weighted by molar-refractivity contribution is 9.10. The van der Waals surface area contributed by atoms with Crippen LogP contribution in [0.4, 0.5) is 5.69 Å². The Bertz CT molecular complexity index is 394. The van der Waals surface area contributed by atoms with Gasteiger partial charge in [0.25, 0.3) is 0 Å². The molecule has 0 fully saturated rings. The van der Waals surface area contributed by atoms with Crippen LogP contribution in [0.25, 0.3) is 0 Å². The first-order valence-corrected chi connectivity index (χ1v) is 7.62. The van der Waals surface area contributed by atoms with Gasteiger partial charge in [0, 0.05) is 24.1 Å². The van der Waals surface area contributed by atoms with Crippen LogP contribution in [-0.4, -0.2) is 43.7 Å². The first kappa shape index (κ1) is 16.5. The number of aliphatic hydroxyl groups is 1. The number of hydrogen-bond donors (Lipinski definition) is 1. The minimum Gasteiger partial charge on any atom is -0.389 e. The molecule has 1 aromatic carbocycles. The predicted octanol–water partition coefficient (Wildman–Crippen LogP) is 3.28. The lowest BCUT2D eigenvalue weighted by Gasteiger charge is -2.27. The zero-order valence-electron chi connectivity index (χ0n) is 12.4. The van der Waals surface area contributed by atoms with Crippen molar-refractivity contribution in [1.29, 1.82) is 0 Å². The summed E-state index contributed by atoms with van der Waals surface area (Å²) in [5.41, 5.74) is 2.15. The van der Waals surface area contributed by atoms with Crippen molar-refractivity contribution in [3.8, 4) is 0 Å². The van der Waals surface area contributed by atoms with Gasteiger partial charge in [0.1, 0.15) is 0 Å². The molecular weight excluding hydrogens is 304 g/mol. The molecule has 3 nitrogen and oxygen atoms in total. The fourth-order valence-electron chi connectivity index (χ4n) is 1.98. The van der Waals surface area contributed by atoms with Crippen LogP contribution in [0, 0.1) is 0 Å². The number of hydrogen-bond acceptors (Lipinski definition) is 3. The summed E-state index contributed by atoms with van der Waals surface area (Å²) < 4.78 is 1.05. The molecule has 4 heteroatoms. The number of benzene rings is 1. The second kappa shape index (κ2) is 7.88. The Morgan fingerprint density at radius 1 is 1.21 bits per heavy atom. The highest BCUT2D eigenvalue weighted by Crippen LogP contribution is 2.29. The summed E-state index contributed by atoms with van der Waals surface area (Å²) in [6.07, 6.45) is 0.699. The predicted molar refractivity (Wildman–Crippen MR) is 85.8 cm³/mol. The second-order valence-corrected chi connectivity index (χ2v) is 6.03. The Labute approximate surface area is 125 Å². The van der Waals surface area contributed by atoms with E-state index in [1.165, 1.54) is 5.69 Å². The van der Waals surface area contributed by atoms with E-state index in [9.17, 15) is 5.11 Å². The molecule has 108 valence electrons. The molecule has 0 heterocycles. The van der Waals surface area contributed by atoms with Crippen LogP contribution in [0.2, 0.25) is 0 Å². The zero-order valence-corrected chi connectivity index (χ0v) is 13.9. The van der Waals surface area contributed by atoms with Crippen molar-refractivity contribution in [2.24, 2.45) is 0 Å². The molecule has 1 rings (SSSR count). The van der Waals surface area contributed by atoms with Gasteiger partial charge in [0.05, 0.1) is 11.8 Å². The zero-order chi connectivity index (χ0) is 14.4. The van der Waals surface area contributed by atoms with Crippen molar-refractivity contribution < 1.29 is 5.11 Å². The van der Waals surface area contributed by atoms with E-state index in [0.29, 0.717) is 0 Å².